The lowest BCUT2D eigenvalue weighted by Gasteiger charge is -2.18. The third-order valence-corrected chi connectivity index (χ3v) is 2.18. The number of imide groups is 1. The van der Waals surface area contributed by atoms with Crippen LogP contribution in [-0.4, -0.2) is 47.6 Å². The van der Waals surface area contributed by atoms with Crippen LogP contribution in [0.15, 0.2) is 0 Å². The smallest absolute Gasteiger partial charge is 0.229 e. The number of β-amino-alcohol motifs (C(OH)–C–C–N with tert-alkyl or cyclic N) is 1. The van der Waals surface area contributed by atoms with E-state index < -0.39 is 6.10 Å². The number of aliphatic hydroxyl groups is 1. The van der Waals surface area contributed by atoms with Gasteiger partial charge in [0.1, 0.15) is 0 Å². The first-order valence-corrected chi connectivity index (χ1v) is 4.87. The van der Waals surface area contributed by atoms with Gasteiger partial charge >= 0.3 is 0 Å². The van der Waals surface area contributed by atoms with E-state index in [1.807, 2.05) is 6.92 Å². The van der Waals surface area contributed by atoms with E-state index in [0.29, 0.717) is 6.54 Å². The molecule has 1 saturated heterocycles. The highest BCUT2D eigenvalue weighted by Crippen LogP contribution is 2.11. The normalized spacial score (nSPS) is 19.1. The molecule has 1 fully saturated rings. The molecule has 0 radical (unpaired) electrons. The largest absolute Gasteiger partial charge is 0.390 e. The zero-order valence-electron chi connectivity index (χ0n) is 8.32. The lowest BCUT2D eigenvalue weighted by molar-refractivity contribution is -0.139. The highest BCUT2D eigenvalue weighted by molar-refractivity contribution is 6.01. The summed E-state index contributed by atoms with van der Waals surface area (Å²) >= 11 is 0. The maximum absolute atomic E-state index is 11.2. The summed E-state index contributed by atoms with van der Waals surface area (Å²) in [5, 5.41) is 12.4. The maximum atomic E-state index is 11.2. The SMILES string of the molecule is CCNCC(O)CN1C(=O)CCC1=O. The second kappa shape index (κ2) is 5.07. The molecule has 1 rings (SSSR count). The van der Waals surface area contributed by atoms with Crippen LogP contribution in [-0.2, 0) is 9.59 Å². The summed E-state index contributed by atoms with van der Waals surface area (Å²) in [5.41, 5.74) is 0. The van der Waals surface area contributed by atoms with Crippen molar-refractivity contribution < 1.29 is 14.7 Å². The number of hydrogen-bond donors (Lipinski definition) is 2. The lowest BCUT2D eigenvalue weighted by Crippen LogP contribution is -2.40. The average Bonchev–Trinajstić information content (AvgIpc) is 2.46. The van der Waals surface area contributed by atoms with Gasteiger partial charge in [-0.05, 0) is 6.54 Å². The molecule has 1 atom stereocenters. The molecule has 0 bridgehead atoms. The molecular formula is C9H16N2O3. The van der Waals surface area contributed by atoms with Crippen LogP contribution in [0.2, 0.25) is 0 Å². The van der Waals surface area contributed by atoms with Gasteiger partial charge in [-0.25, -0.2) is 0 Å². The van der Waals surface area contributed by atoms with Gasteiger partial charge in [0.25, 0.3) is 0 Å². The molecule has 1 aliphatic heterocycles. The van der Waals surface area contributed by atoms with Crippen LogP contribution in [0.3, 0.4) is 0 Å². The Morgan fingerprint density at radius 3 is 2.50 bits per heavy atom. The molecule has 0 spiro atoms. The van der Waals surface area contributed by atoms with Gasteiger partial charge in [-0.1, -0.05) is 6.92 Å². The quantitative estimate of drug-likeness (QED) is 0.565. The van der Waals surface area contributed by atoms with E-state index in [4.69, 9.17) is 0 Å². The van der Waals surface area contributed by atoms with Crippen molar-refractivity contribution in [1.29, 1.82) is 0 Å². The molecule has 2 N–H and O–H groups in total. The summed E-state index contributed by atoms with van der Waals surface area (Å²) < 4.78 is 0. The fraction of sp³-hybridized carbons (Fsp3) is 0.778. The maximum Gasteiger partial charge on any atom is 0.229 e. The van der Waals surface area contributed by atoms with Crippen molar-refractivity contribution in [2.24, 2.45) is 0 Å². The van der Waals surface area contributed by atoms with Gasteiger partial charge in [0.15, 0.2) is 0 Å². The zero-order chi connectivity index (χ0) is 10.6. The van der Waals surface area contributed by atoms with E-state index >= 15 is 0 Å². The van der Waals surface area contributed by atoms with Crippen molar-refractivity contribution in [3.63, 3.8) is 0 Å². The van der Waals surface area contributed by atoms with Crippen molar-refractivity contribution >= 4 is 11.8 Å². The highest BCUT2D eigenvalue weighted by Gasteiger charge is 2.29. The number of aliphatic hydroxyl groups excluding tert-OH is 1. The number of nitrogens with zero attached hydrogens (tertiary/aromatic N) is 1. The first kappa shape index (κ1) is 11.1. The summed E-state index contributed by atoms with van der Waals surface area (Å²) in [6.07, 6.45) is -0.0968. The van der Waals surface area contributed by atoms with Gasteiger partial charge in [-0.15, -0.1) is 0 Å². The molecule has 1 aliphatic rings. The third kappa shape index (κ3) is 2.78. The molecule has 0 saturated carbocycles. The summed E-state index contributed by atoms with van der Waals surface area (Å²) in [6, 6.07) is 0. The van der Waals surface area contributed by atoms with E-state index in [1.54, 1.807) is 0 Å². The standard InChI is InChI=1S/C9H16N2O3/c1-2-10-5-7(12)6-11-8(13)3-4-9(11)14/h7,10,12H,2-6H2,1H3. The number of likely N-dealkylation sites (tertiary alicyclic amines) is 1. The lowest BCUT2D eigenvalue weighted by atomic mass is 10.3. The number of nitrogens with one attached hydrogen (secondary N) is 1. The monoisotopic (exact) mass is 200 g/mol. The number of hydrogen-bond acceptors (Lipinski definition) is 4. The molecule has 0 aliphatic carbocycles. The van der Waals surface area contributed by atoms with Crippen LogP contribution in [0.4, 0.5) is 0 Å². The summed E-state index contributed by atoms with van der Waals surface area (Å²) in [5.74, 6) is -0.351. The third-order valence-electron chi connectivity index (χ3n) is 2.18. The number of amides is 2. The zero-order valence-corrected chi connectivity index (χ0v) is 8.32. The summed E-state index contributed by atoms with van der Waals surface area (Å²) in [4.78, 5) is 23.5. The average molecular weight is 200 g/mol. The van der Waals surface area contributed by atoms with Crippen LogP contribution in [0.5, 0.6) is 0 Å². The second-order valence-electron chi connectivity index (χ2n) is 3.36. The molecule has 14 heavy (non-hydrogen) atoms. The minimum Gasteiger partial charge on any atom is -0.390 e. The van der Waals surface area contributed by atoms with E-state index in [0.717, 1.165) is 11.4 Å². The van der Waals surface area contributed by atoms with Crippen LogP contribution >= 0.6 is 0 Å². The minimum absolute atomic E-state index is 0.116. The van der Waals surface area contributed by atoms with Gasteiger partial charge in [0.2, 0.25) is 11.8 Å². The first-order chi connectivity index (χ1) is 6.65. The Bertz CT molecular complexity index is 214. The van der Waals surface area contributed by atoms with Crippen LogP contribution < -0.4 is 5.32 Å². The number of rotatable bonds is 5. The predicted molar refractivity (Wildman–Crippen MR) is 50.5 cm³/mol. The molecule has 5 nitrogen and oxygen atoms in total. The van der Waals surface area contributed by atoms with Gasteiger partial charge in [0.05, 0.1) is 12.6 Å². The van der Waals surface area contributed by atoms with E-state index in [9.17, 15) is 14.7 Å². The summed E-state index contributed by atoms with van der Waals surface area (Å²) in [6.45, 7) is 3.22. The van der Waals surface area contributed by atoms with Crippen molar-refractivity contribution in [3.05, 3.63) is 0 Å². The molecule has 0 aromatic heterocycles. The number of carbonyl (C=O) groups excluding carboxylic acids is 2. The van der Waals surface area contributed by atoms with Gasteiger partial charge < -0.3 is 10.4 Å². The van der Waals surface area contributed by atoms with Gasteiger partial charge in [-0.2, -0.15) is 0 Å². The highest BCUT2D eigenvalue weighted by atomic mass is 16.3. The Hall–Kier alpha value is -0.940. The molecular weight excluding hydrogens is 184 g/mol. The first-order valence-electron chi connectivity index (χ1n) is 4.87. The van der Waals surface area contributed by atoms with Crippen LogP contribution in [0, 0.1) is 0 Å². The van der Waals surface area contributed by atoms with Crippen molar-refractivity contribution in [3.8, 4) is 0 Å². The number of likely N-dealkylation sites (N-methyl/N-ethyl adjacent to an activating group) is 1. The fourth-order valence-corrected chi connectivity index (χ4v) is 1.41. The van der Waals surface area contributed by atoms with E-state index in [2.05, 4.69) is 5.32 Å². The van der Waals surface area contributed by atoms with Gasteiger partial charge in [0, 0.05) is 19.4 Å². The molecule has 0 aromatic carbocycles. The van der Waals surface area contributed by atoms with Crippen molar-refractivity contribution in [2.75, 3.05) is 19.6 Å². The van der Waals surface area contributed by atoms with Gasteiger partial charge in [-0.3, -0.25) is 14.5 Å². The summed E-state index contributed by atoms with van der Waals surface area (Å²) in [7, 11) is 0. The Labute approximate surface area is 83.1 Å². The molecule has 80 valence electrons. The molecule has 1 unspecified atom stereocenters. The Balaban J connectivity index is 2.35. The van der Waals surface area contributed by atoms with Crippen molar-refractivity contribution in [1.82, 2.24) is 10.2 Å². The molecule has 1 heterocycles. The minimum atomic E-state index is -0.666. The second-order valence-corrected chi connectivity index (χ2v) is 3.36. The predicted octanol–water partition coefficient (Wildman–Crippen LogP) is -0.894. The Kier molecular flexibility index (Phi) is 4.03. The van der Waals surface area contributed by atoms with Crippen LogP contribution in [0.25, 0.3) is 0 Å². The van der Waals surface area contributed by atoms with E-state index in [1.165, 1.54) is 0 Å². The van der Waals surface area contributed by atoms with Crippen LogP contribution in [0.1, 0.15) is 19.8 Å². The molecule has 5 heteroatoms. The van der Waals surface area contributed by atoms with Crippen molar-refractivity contribution in [2.45, 2.75) is 25.9 Å². The topological polar surface area (TPSA) is 69.6 Å². The number of carbonyl (C=O) groups is 2. The Morgan fingerprint density at radius 1 is 1.43 bits per heavy atom. The van der Waals surface area contributed by atoms with E-state index in [-0.39, 0.29) is 31.2 Å². The molecule has 2 amide bonds. The Morgan fingerprint density at radius 2 is 2.00 bits per heavy atom. The molecule has 0 aromatic rings. The fourth-order valence-electron chi connectivity index (χ4n) is 1.41.